The van der Waals surface area contributed by atoms with Crippen LogP contribution in [0.3, 0.4) is 0 Å². The van der Waals surface area contributed by atoms with E-state index >= 15 is 0 Å². The fourth-order valence-corrected chi connectivity index (χ4v) is 1.97. The summed E-state index contributed by atoms with van der Waals surface area (Å²) in [6.45, 7) is 6.32. The van der Waals surface area contributed by atoms with Crippen molar-refractivity contribution in [2.75, 3.05) is 5.73 Å². The van der Waals surface area contributed by atoms with E-state index in [-0.39, 0.29) is 0 Å². The van der Waals surface area contributed by atoms with Crippen LogP contribution in [-0.4, -0.2) is 0 Å². The van der Waals surface area contributed by atoms with Gasteiger partial charge in [-0.1, -0.05) is 36.8 Å². The fraction of sp³-hybridized carbons (Fsp3) is 0.316. The molecular weight excluding hydrogens is 256 g/mol. The number of benzene rings is 1. The van der Waals surface area contributed by atoms with Crippen LogP contribution in [0.4, 0.5) is 5.69 Å². The predicted octanol–water partition coefficient (Wildman–Crippen LogP) is 4.93. The first kappa shape index (κ1) is 16.8. The lowest BCUT2D eigenvalue weighted by Crippen LogP contribution is -1.96. The molecule has 0 bridgehead atoms. The molecule has 0 heterocycles. The molecule has 1 aromatic rings. The Bertz CT molecular complexity index is 598. The van der Waals surface area contributed by atoms with Crippen molar-refractivity contribution in [3.8, 4) is 6.07 Å². The van der Waals surface area contributed by atoms with E-state index in [0.29, 0.717) is 5.56 Å². The third kappa shape index (κ3) is 5.71. The third-order valence-corrected chi connectivity index (χ3v) is 3.48. The second-order valence-electron chi connectivity index (χ2n) is 5.13. The van der Waals surface area contributed by atoms with E-state index in [9.17, 15) is 0 Å². The number of nitriles is 1. The molecule has 0 aromatic heterocycles. The summed E-state index contributed by atoms with van der Waals surface area (Å²) in [6.07, 6.45) is 11.3. The van der Waals surface area contributed by atoms with Gasteiger partial charge in [0.25, 0.3) is 0 Å². The smallest absolute Gasteiger partial charge is 0.0991 e. The second kappa shape index (κ2) is 8.81. The zero-order chi connectivity index (χ0) is 15.7. The van der Waals surface area contributed by atoms with E-state index in [2.05, 4.69) is 44.2 Å². The molecule has 21 heavy (non-hydrogen) atoms. The van der Waals surface area contributed by atoms with Crippen LogP contribution in [0.2, 0.25) is 0 Å². The standard InChI is InChI=1S/C19H24N2/c1-4-6-16(8-7-15(3)5-2)9-11-18-13-17(14-20)10-12-19(18)21/h4,6-8,10,12-13H,5,9,11,21H2,1-3H3/b6-4-,15-7?,16-8+. The van der Waals surface area contributed by atoms with Gasteiger partial charge in [0, 0.05) is 5.69 Å². The molecule has 0 unspecified atom stereocenters. The van der Waals surface area contributed by atoms with Crippen LogP contribution in [0, 0.1) is 11.3 Å². The van der Waals surface area contributed by atoms with E-state index in [1.807, 2.05) is 19.1 Å². The molecule has 1 rings (SSSR count). The number of nitrogens with two attached hydrogens (primary N) is 1. The molecule has 0 aliphatic heterocycles. The van der Waals surface area contributed by atoms with E-state index < -0.39 is 0 Å². The van der Waals surface area contributed by atoms with Crippen LogP contribution in [0.5, 0.6) is 0 Å². The van der Waals surface area contributed by atoms with Gasteiger partial charge < -0.3 is 5.73 Å². The van der Waals surface area contributed by atoms with Gasteiger partial charge in [-0.2, -0.15) is 5.26 Å². The van der Waals surface area contributed by atoms with Crippen molar-refractivity contribution in [2.24, 2.45) is 0 Å². The van der Waals surface area contributed by atoms with Gasteiger partial charge in [-0.25, -0.2) is 0 Å². The van der Waals surface area contributed by atoms with Gasteiger partial charge in [-0.05, 0) is 62.4 Å². The lowest BCUT2D eigenvalue weighted by Gasteiger charge is -2.07. The minimum absolute atomic E-state index is 0.664. The number of aryl methyl sites for hydroxylation is 1. The lowest BCUT2D eigenvalue weighted by molar-refractivity contribution is 0.965. The molecule has 0 saturated carbocycles. The highest BCUT2D eigenvalue weighted by atomic mass is 14.6. The van der Waals surface area contributed by atoms with E-state index in [0.717, 1.165) is 30.5 Å². The van der Waals surface area contributed by atoms with Gasteiger partial charge in [-0.3, -0.25) is 0 Å². The van der Waals surface area contributed by atoms with Crippen LogP contribution >= 0.6 is 0 Å². The highest BCUT2D eigenvalue weighted by Gasteiger charge is 2.02. The van der Waals surface area contributed by atoms with Gasteiger partial charge in [0.05, 0.1) is 11.6 Å². The fourth-order valence-electron chi connectivity index (χ4n) is 1.97. The van der Waals surface area contributed by atoms with Crippen molar-refractivity contribution >= 4 is 5.69 Å². The molecule has 0 atom stereocenters. The van der Waals surface area contributed by atoms with Crippen molar-refractivity contribution in [1.29, 1.82) is 5.26 Å². The number of rotatable bonds is 6. The largest absolute Gasteiger partial charge is 0.399 e. The van der Waals surface area contributed by atoms with Crippen molar-refractivity contribution in [2.45, 2.75) is 40.0 Å². The van der Waals surface area contributed by atoms with Crippen LogP contribution < -0.4 is 5.73 Å². The molecular formula is C19H24N2. The Kier molecular flexibility index (Phi) is 7.04. The number of anilines is 1. The van der Waals surface area contributed by atoms with Crippen LogP contribution in [0.1, 0.15) is 44.7 Å². The maximum atomic E-state index is 8.97. The van der Waals surface area contributed by atoms with E-state index in [1.54, 1.807) is 6.07 Å². The molecule has 2 heteroatoms. The SMILES string of the molecule is C/C=C\C(=C/C=C(C)CC)CCc1cc(C#N)ccc1N. The number of nitrogens with zero attached hydrogens (tertiary/aromatic N) is 1. The normalized spacial score (nSPS) is 12.7. The van der Waals surface area contributed by atoms with Crippen LogP contribution in [0.25, 0.3) is 0 Å². The number of nitrogen functional groups attached to an aromatic ring is 1. The average Bonchev–Trinajstić information content (AvgIpc) is 2.51. The molecule has 2 nitrogen and oxygen atoms in total. The highest BCUT2D eigenvalue weighted by molar-refractivity contribution is 5.51. The number of allylic oxidation sites excluding steroid dienone is 6. The van der Waals surface area contributed by atoms with Crippen molar-refractivity contribution in [3.63, 3.8) is 0 Å². The Hall–Kier alpha value is -2.27. The molecule has 110 valence electrons. The Morgan fingerprint density at radius 3 is 2.71 bits per heavy atom. The summed E-state index contributed by atoms with van der Waals surface area (Å²) in [7, 11) is 0. The molecule has 0 saturated heterocycles. The second-order valence-corrected chi connectivity index (χ2v) is 5.13. The minimum atomic E-state index is 0.664. The van der Waals surface area contributed by atoms with Gasteiger partial charge in [-0.15, -0.1) is 0 Å². The Balaban J connectivity index is 2.85. The Morgan fingerprint density at radius 2 is 2.10 bits per heavy atom. The Morgan fingerprint density at radius 1 is 1.33 bits per heavy atom. The quantitative estimate of drug-likeness (QED) is 0.593. The topological polar surface area (TPSA) is 49.8 Å². The molecule has 1 aromatic carbocycles. The van der Waals surface area contributed by atoms with Gasteiger partial charge in [0.2, 0.25) is 0 Å². The van der Waals surface area contributed by atoms with Crippen LogP contribution in [-0.2, 0) is 6.42 Å². The molecule has 0 fully saturated rings. The van der Waals surface area contributed by atoms with Gasteiger partial charge in [0.15, 0.2) is 0 Å². The lowest BCUT2D eigenvalue weighted by atomic mass is 10.0. The molecule has 2 N–H and O–H groups in total. The molecule has 0 aliphatic rings. The van der Waals surface area contributed by atoms with Crippen LogP contribution in [0.15, 0.2) is 53.6 Å². The zero-order valence-corrected chi connectivity index (χ0v) is 13.2. The van der Waals surface area contributed by atoms with E-state index in [1.165, 1.54) is 11.1 Å². The number of hydrogen-bond acceptors (Lipinski definition) is 2. The summed E-state index contributed by atoms with van der Waals surface area (Å²) in [4.78, 5) is 0. The predicted molar refractivity (Wildman–Crippen MR) is 90.8 cm³/mol. The molecule has 0 radical (unpaired) electrons. The monoisotopic (exact) mass is 280 g/mol. The summed E-state index contributed by atoms with van der Waals surface area (Å²) < 4.78 is 0. The summed E-state index contributed by atoms with van der Waals surface area (Å²) in [6, 6.07) is 7.62. The maximum absolute atomic E-state index is 8.97. The first-order chi connectivity index (χ1) is 10.1. The van der Waals surface area contributed by atoms with Crippen molar-refractivity contribution < 1.29 is 0 Å². The highest BCUT2D eigenvalue weighted by Crippen LogP contribution is 2.18. The first-order valence-corrected chi connectivity index (χ1v) is 7.38. The minimum Gasteiger partial charge on any atom is -0.399 e. The maximum Gasteiger partial charge on any atom is 0.0991 e. The average molecular weight is 280 g/mol. The molecule has 0 amide bonds. The van der Waals surface area contributed by atoms with Gasteiger partial charge in [0.1, 0.15) is 0 Å². The molecule has 0 aliphatic carbocycles. The first-order valence-electron chi connectivity index (χ1n) is 7.38. The van der Waals surface area contributed by atoms with E-state index in [4.69, 9.17) is 11.0 Å². The Labute approximate surface area is 128 Å². The summed E-state index contributed by atoms with van der Waals surface area (Å²) in [5.74, 6) is 0. The van der Waals surface area contributed by atoms with Gasteiger partial charge >= 0.3 is 0 Å². The third-order valence-electron chi connectivity index (χ3n) is 3.48. The summed E-state index contributed by atoms with van der Waals surface area (Å²) in [5.41, 5.74) is 11.1. The summed E-state index contributed by atoms with van der Waals surface area (Å²) in [5, 5.41) is 8.97. The summed E-state index contributed by atoms with van der Waals surface area (Å²) >= 11 is 0. The van der Waals surface area contributed by atoms with Crippen molar-refractivity contribution in [3.05, 3.63) is 64.8 Å². The number of hydrogen-bond donors (Lipinski definition) is 1. The zero-order valence-electron chi connectivity index (χ0n) is 13.2. The van der Waals surface area contributed by atoms with Crippen molar-refractivity contribution in [1.82, 2.24) is 0 Å². The molecule has 0 spiro atoms.